The lowest BCUT2D eigenvalue weighted by molar-refractivity contribution is -0.0505. The van der Waals surface area contributed by atoms with Crippen LogP contribution in [0.2, 0.25) is 0 Å². The smallest absolute Gasteiger partial charge is 0.407 e. The molecule has 0 fully saturated rings. The molecule has 1 amide bonds. The normalized spacial score (nSPS) is 13.0. The number of aliphatic imine (C=N–C) groups is 1. The number of amides is 1. The van der Waals surface area contributed by atoms with Gasteiger partial charge in [-0.25, -0.2) is 4.79 Å². The third-order valence-corrected chi connectivity index (χ3v) is 2.17. The summed E-state index contributed by atoms with van der Waals surface area (Å²) < 4.78 is 15.1. The third kappa shape index (κ3) is 9.80. The second-order valence-electron chi connectivity index (χ2n) is 5.17. The number of nitrogens with one attached hydrogen (secondary N) is 1. The van der Waals surface area contributed by atoms with Gasteiger partial charge < -0.3 is 25.4 Å². The number of nitrogens with zero attached hydrogens (tertiary/aromatic N) is 2. The summed E-state index contributed by atoms with van der Waals surface area (Å²) in [5.41, 5.74) is -0.107. The predicted octanol–water partition coefficient (Wildman–Crippen LogP) is 0.906. The van der Waals surface area contributed by atoms with Gasteiger partial charge in [-0.05, 0) is 27.2 Å². The van der Waals surface area contributed by atoms with Crippen molar-refractivity contribution >= 4 is 18.0 Å². The summed E-state index contributed by atoms with van der Waals surface area (Å²) in [7, 11) is 2.97. The highest BCUT2D eigenvalue weighted by Crippen LogP contribution is 2.06. The first-order chi connectivity index (χ1) is 9.84. The molecule has 0 bridgehead atoms. The molecule has 0 aromatic carbocycles. The first-order valence-corrected chi connectivity index (χ1v) is 6.64. The first-order valence-electron chi connectivity index (χ1n) is 6.64. The number of hydrazone groups is 1. The molecule has 0 heterocycles. The van der Waals surface area contributed by atoms with Crippen molar-refractivity contribution in [2.24, 2.45) is 15.9 Å². The maximum Gasteiger partial charge on any atom is 0.407 e. The van der Waals surface area contributed by atoms with E-state index in [1.165, 1.54) is 20.4 Å². The molecule has 0 aliphatic rings. The minimum Gasteiger partial charge on any atom is -0.444 e. The molecule has 0 saturated heterocycles. The summed E-state index contributed by atoms with van der Waals surface area (Å²) in [4.78, 5) is 15.5. The number of carbonyl (C=O) groups is 1. The van der Waals surface area contributed by atoms with Crippen LogP contribution in [0.3, 0.4) is 0 Å². The van der Waals surface area contributed by atoms with Gasteiger partial charge in [0.05, 0.1) is 0 Å². The zero-order valence-corrected chi connectivity index (χ0v) is 13.4. The molecule has 0 rings (SSSR count). The van der Waals surface area contributed by atoms with Gasteiger partial charge in [-0.2, -0.15) is 5.10 Å². The fourth-order valence-corrected chi connectivity index (χ4v) is 1.33. The molecular weight excluding hydrogens is 276 g/mol. The van der Waals surface area contributed by atoms with E-state index in [4.69, 9.17) is 20.1 Å². The predicted molar refractivity (Wildman–Crippen MR) is 81.6 cm³/mol. The maximum absolute atomic E-state index is 11.4. The Morgan fingerprint density at radius 3 is 2.43 bits per heavy atom. The number of nitrogens with two attached hydrogens (primary N) is 1. The Balaban J connectivity index is 3.94. The van der Waals surface area contributed by atoms with Crippen LogP contribution in [0.1, 0.15) is 27.2 Å². The Bertz CT molecular complexity index is 360. The molecule has 0 aliphatic heterocycles. The van der Waals surface area contributed by atoms with Crippen molar-refractivity contribution in [1.29, 1.82) is 0 Å². The molecule has 0 radical (unpaired) electrons. The first kappa shape index (κ1) is 19.3. The average molecular weight is 302 g/mol. The minimum absolute atomic E-state index is 0.389. The largest absolute Gasteiger partial charge is 0.444 e. The van der Waals surface area contributed by atoms with Crippen molar-refractivity contribution in [2.75, 3.05) is 27.3 Å². The molecule has 0 saturated carbocycles. The van der Waals surface area contributed by atoms with Gasteiger partial charge in [0.25, 0.3) is 0 Å². The van der Waals surface area contributed by atoms with E-state index in [0.717, 1.165) is 0 Å². The summed E-state index contributed by atoms with van der Waals surface area (Å²) in [5, 5.41) is 6.19. The van der Waals surface area contributed by atoms with E-state index < -0.39 is 18.0 Å². The van der Waals surface area contributed by atoms with Crippen molar-refractivity contribution in [1.82, 2.24) is 5.32 Å². The number of methoxy groups -OCH3 is 2. The number of ether oxygens (including phenoxy) is 3. The van der Waals surface area contributed by atoms with Gasteiger partial charge >= 0.3 is 6.09 Å². The van der Waals surface area contributed by atoms with Crippen LogP contribution in [-0.2, 0) is 14.2 Å². The molecule has 0 aromatic heterocycles. The molecule has 8 heteroatoms. The Labute approximate surface area is 125 Å². The SMILES string of the molecule is COC(OC)/C(C=NCCCNC(=O)OC(C)(C)C)=N/N. The minimum atomic E-state index is -0.640. The fraction of sp³-hybridized carbons (Fsp3) is 0.769. The van der Waals surface area contributed by atoms with Gasteiger partial charge in [-0.3, -0.25) is 4.99 Å². The van der Waals surface area contributed by atoms with Gasteiger partial charge in [0, 0.05) is 33.5 Å². The Hall–Kier alpha value is -1.67. The molecule has 3 N–H and O–H groups in total. The van der Waals surface area contributed by atoms with Crippen LogP contribution in [0.5, 0.6) is 0 Å². The summed E-state index contributed by atoms with van der Waals surface area (Å²) in [5.74, 6) is 5.23. The van der Waals surface area contributed by atoms with E-state index in [0.29, 0.717) is 25.2 Å². The lowest BCUT2D eigenvalue weighted by Gasteiger charge is -2.19. The van der Waals surface area contributed by atoms with Gasteiger partial charge in [0.1, 0.15) is 11.3 Å². The summed E-state index contributed by atoms with van der Waals surface area (Å²) in [6, 6.07) is 0. The second-order valence-corrected chi connectivity index (χ2v) is 5.17. The lowest BCUT2D eigenvalue weighted by atomic mass is 10.2. The molecular formula is C13H26N4O4. The fourth-order valence-electron chi connectivity index (χ4n) is 1.33. The highest BCUT2D eigenvalue weighted by molar-refractivity contribution is 6.32. The molecule has 122 valence electrons. The number of hydrogen-bond donors (Lipinski definition) is 2. The average Bonchev–Trinajstić information content (AvgIpc) is 2.39. The molecule has 0 spiro atoms. The molecule has 8 nitrogen and oxygen atoms in total. The van der Waals surface area contributed by atoms with Crippen LogP contribution in [0, 0.1) is 0 Å². The topological polar surface area (TPSA) is 108 Å². The zero-order chi connectivity index (χ0) is 16.3. The van der Waals surface area contributed by atoms with Crippen LogP contribution >= 0.6 is 0 Å². The van der Waals surface area contributed by atoms with E-state index in [-0.39, 0.29) is 0 Å². The van der Waals surface area contributed by atoms with Crippen molar-refractivity contribution in [2.45, 2.75) is 39.1 Å². The molecule has 0 unspecified atom stereocenters. The van der Waals surface area contributed by atoms with Crippen LogP contribution in [-0.4, -0.2) is 57.2 Å². The second kappa shape index (κ2) is 10.1. The third-order valence-electron chi connectivity index (χ3n) is 2.17. The number of carbonyl (C=O) groups excluding carboxylic acids is 1. The number of hydrogen-bond acceptors (Lipinski definition) is 7. The highest BCUT2D eigenvalue weighted by atomic mass is 16.7. The van der Waals surface area contributed by atoms with Crippen LogP contribution < -0.4 is 11.2 Å². The van der Waals surface area contributed by atoms with Crippen LogP contribution in [0.15, 0.2) is 10.1 Å². The summed E-state index contributed by atoms with van der Waals surface area (Å²) in [6.07, 6.45) is 1.08. The van der Waals surface area contributed by atoms with E-state index in [1.807, 2.05) is 20.8 Å². The van der Waals surface area contributed by atoms with E-state index in [9.17, 15) is 4.79 Å². The lowest BCUT2D eigenvalue weighted by Crippen LogP contribution is -2.33. The van der Waals surface area contributed by atoms with Crippen LogP contribution in [0.25, 0.3) is 0 Å². The van der Waals surface area contributed by atoms with Gasteiger partial charge in [-0.1, -0.05) is 0 Å². The summed E-state index contributed by atoms with van der Waals surface area (Å²) >= 11 is 0. The zero-order valence-electron chi connectivity index (χ0n) is 13.4. The highest BCUT2D eigenvalue weighted by Gasteiger charge is 2.15. The number of rotatable bonds is 8. The van der Waals surface area contributed by atoms with Crippen molar-refractivity contribution in [3.8, 4) is 0 Å². The Morgan fingerprint density at radius 1 is 1.33 bits per heavy atom. The Morgan fingerprint density at radius 2 is 1.95 bits per heavy atom. The summed E-state index contributed by atoms with van der Waals surface area (Å²) in [6.45, 7) is 6.42. The van der Waals surface area contributed by atoms with Crippen molar-refractivity contribution in [3.63, 3.8) is 0 Å². The van der Waals surface area contributed by atoms with Gasteiger partial charge in [0.2, 0.25) is 6.29 Å². The standard InChI is InChI=1S/C13H26N4O4/c1-13(2,3)21-12(18)16-8-6-7-15-9-10(17-14)11(19-4)20-5/h9,11H,6-8,14H2,1-5H3,(H,16,18)/b15-9?,17-10+. The van der Waals surface area contributed by atoms with Gasteiger partial charge in [-0.15, -0.1) is 0 Å². The maximum atomic E-state index is 11.4. The molecule has 0 aliphatic carbocycles. The molecule has 21 heavy (non-hydrogen) atoms. The van der Waals surface area contributed by atoms with Gasteiger partial charge in [0.15, 0.2) is 0 Å². The van der Waals surface area contributed by atoms with Crippen LogP contribution in [0.4, 0.5) is 4.79 Å². The molecule has 0 aromatic rings. The van der Waals surface area contributed by atoms with Crippen molar-refractivity contribution in [3.05, 3.63) is 0 Å². The number of alkyl carbamates (subject to hydrolysis) is 1. The van der Waals surface area contributed by atoms with E-state index in [1.54, 1.807) is 0 Å². The quantitative estimate of drug-likeness (QED) is 0.228. The monoisotopic (exact) mass is 302 g/mol. The molecule has 0 atom stereocenters. The van der Waals surface area contributed by atoms with E-state index in [2.05, 4.69) is 15.4 Å². The Kier molecular flexibility index (Phi) is 9.31. The van der Waals surface area contributed by atoms with Crippen molar-refractivity contribution < 1.29 is 19.0 Å². The van der Waals surface area contributed by atoms with E-state index >= 15 is 0 Å².